The third-order valence-corrected chi connectivity index (χ3v) is 0. The van der Waals surface area contributed by atoms with E-state index >= 15 is 0 Å². The van der Waals surface area contributed by atoms with Gasteiger partial charge in [0.1, 0.15) is 0 Å². The van der Waals surface area contributed by atoms with E-state index in [0.29, 0.717) is 0 Å². The average molecular weight is 456 g/mol. The quantitative estimate of drug-likeness (QED) is 0.334. The summed E-state index contributed by atoms with van der Waals surface area (Å²) in [7, 11) is -6.74. The smallest absolute Gasteiger partial charge is 0.854 e. The van der Waals surface area contributed by atoms with Gasteiger partial charge in [-0.15, -0.1) is 0 Å². The second-order valence-corrected chi connectivity index (χ2v) is 1.34. The summed E-state index contributed by atoms with van der Waals surface area (Å²) in [5.74, 6) is 0. The number of rotatable bonds is 0. The Morgan fingerprint density at radius 3 is 0.600 bits per heavy atom. The van der Waals surface area contributed by atoms with Crippen LogP contribution in [0.25, 0.3) is 0 Å². The van der Waals surface area contributed by atoms with E-state index in [2.05, 4.69) is 0 Å². The van der Waals surface area contributed by atoms with Gasteiger partial charge in [0.15, 0.2) is 0 Å². The van der Waals surface area contributed by atoms with Crippen molar-refractivity contribution in [3.05, 3.63) is 0 Å². The summed E-state index contributed by atoms with van der Waals surface area (Å²) in [5.41, 5.74) is 0. The number of hydrogen-bond donors (Lipinski definition) is 0. The van der Waals surface area contributed by atoms with Gasteiger partial charge in [-0.05, 0) is 0 Å². The van der Waals surface area contributed by atoms with Crippen molar-refractivity contribution in [2.45, 2.75) is 0 Å². The Morgan fingerprint density at radius 2 is 0.600 bits per heavy atom. The molecule has 0 rings (SSSR count). The fourth-order valence-electron chi connectivity index (χ4n) is 0. The second-order valence-electron chi connectivity index (χ2n) is 0.447. The molecule has 0 aromatic carbocycles. The number of hydrogen-bond acceptors (Lipinski definition) is 6. The summed E-state index contributed by atoms with van der Waals surface area (Å²) in [6, 6.07) is 0. The minimum Gasteiger partial charge on any atom is -0.854 e. The standard InChI is InChI=1S/La.2O3P.Tb/c;2*1-4(2)3;/q+3;2*-3;+3. The van der Waals surface area contributed by atoms with Crippen molar-refractivity contribution in [3.8, 4) is 0 Å². The van der Waals surface area contributed by atoms with Crippen molar-refractivity contribution in [1.82, 2.24) is 0 Å². The molecule has 0 aromatic heterocycles. The molecule has 6 nitrogen and oxygen atoms in total. The molecule has 0 saturated heterocycles. The molecule has 0 N–H and O–H groups in total. The first-order valence-electron chi connectivity index (χ1n) is 1.10. The van der Waals surface area contributed by atoms with Crippen molar-refractivity contribution in [1.29, 1.82) is 0 Å². The van der Waals surface area contributed by atoms with Gasteiger partial charge >= 0.3 is 74.2 Å². The second kappa shape index (κ2) is 18.0. The van der Waals surface area contributed by atoms with Crippen LogP contribution in [0, 0.1) is 74.2 Å². The van der Waals surface area contributed by atoms with Gasteiger partial charge < -0.3 is 46.6 Å². The molecule has 58 valence electrons. The first kappa shape index (κ1) is 23.2. The molecule has 0 amide bonds. The molecule has 0 aliphatic rings. The summed E-state index contributed by atoms with van der Waals surface area (Å²) in [5, 5.41) is 0. The third-order valence-electron chi connectivity index (χ3n) is 0. The zero-order valence-electron chi connectivity index (χ0n) is 4.25. The van der Waals surface area contributed by atoms with Crippen molar-refractivity contribution in [2.24, 2.45) is 0 Å². The molecular formula is LaO6P2Tb. The van der Waals surface area contributed by atoms with Crippen molar-refractivity contribution in [2.75, 3.05) is 0 Å². The molecular weight excluding hydrogens is 456 g/mol. The summed E-state index contributed by atoms with van der Waals surface area (Å²) in [6.07, 6.45) is 0. The maximum atomic E-state index is 8.48. The van der Waals surface area contributed by atoms with Gasteiger partial charge in [0.2, 0.25) is 0 Å². The molecule has 0 saturated carbocycles. The van der Waals surface area contributed by atoms with Gasteiger partial charge in [0.05, 0.1) is 0 Å². The largest absolute Gasteiger partial charge is 3.00 e. The van der Waals surface area contributed by atoms with Crippen LogP contribution >= 0.6 is 17.2 Å². The molecule has 0 unspecified atom stereocenters. The van der Waals surface area contributed by atoms with Crippen LogP contribution in [0.4, 0.5) is 0 Å². The van der Waals surface area contributed by atoms with Crippen LogP contribution in [0.3, 0.4) is 0 Å². The minimum absolute atomic E-state index is 0. The molecule has 0 aliphatic carbocycles. The predicted octanol–water partition coefficient (Wildman–Crippen LogP) is -5.41. The van der Waals surface area contributed by atoms with E-state index in [0.717, 1.165) is 0 Å². The van der Waals surface area contributed by atoms with Crippen LogP contribution in [0.2, 0.25) is 0 Å². The van der Waals surface area contributed by atoms with Gasteiger partial charge in [-0.25, -0.2) is 0 Å². The molecule has 10 heteroatoms. The zero-order valence-corrected chi connectivity index (χ0v) is 11.8. The van der Waals surface area contributed by atoms with Crippen LogP contribution in [0.5, 0.6) is 0 Å². The van der Waals surface area contributed by atoms with Crippen molar-refractivity contribution < 1.29 is 104 Å². The van der Waals surface area contributed by atoms with Crippen LogP contribution in [0.1, 0.15) is 0 Å². The first-order chi connectivity index (χ1) is 3.46. The van der Waals surface area contributed by atoms with E-state index in [9.17, 15) is 0 Å². The van der Waals surface area contributed by atoms with E-state index in [1.165, 1.54) is 0 Å². The van der Waals surface area contributed by atoms with Crippen molar-refractivity contribution >= 4 is 17.2 Å². The van der Waals surface area contributed by atoms with Crippen LogP contribution in [-0.2, 0) is 0 Å². The maximum Gasteiger partial charge on any atom is 3.00 e. The van der Waals surface area contributed by atoms with Gasteiger partial charge in [-0.3, -0.25) is 0 Å². The Kier molecular flexibility index (Phi) is 41.7. The summed E-state index contributed by atoms with van der Waals surface area (Å²) in [6.45, 7) is 0. The minimum atomic E-state index is -3.37. The SMILES string of the molecule is [La+3].[O-]P([O-])[O-].[O-]P([O-])[O-].[Tb+3]. The van der Waals surface area contributed by atoms with E-state index in [-0.39, 0.29) is 74.2 Å². The van der Waals surface area contributed by atoms with Gasteiger partial charge in [0, 0.05) is 0 Å². The summed E-state index contributed by atoms with van der Waals surface area (Å²) >= 11 is 0. The molecule has 10 heavy (non-hydrogen) atoms. The topological polar surface area (TPSA) is 138 Å². The molecule has 0 aromatic rings. The maximum absolute atomic E-state index is 8.48. The van der Waals surface area contributed by atoms with Crippen LogP contribution in [-0.4, -0.2) is 0 Å². The van der Waals surface area contributed by atoms with E-state index in [1.54, 1.807) is 0 Å². The molecule has 0 heterocycles. The van der Waals surface area contributed by atoms with Gasteiger partial charge in [-0.2, -0.15) is 0 Å². The molecule has 0 atom stereocenters. The first-order valence-corrected chi connectivity index (χ1v) is 3.29. The third kappa shape index (κ3) is 118. The van der Waals surface area contributed by atoms with Crippen LogP contribution < -0.4 is 29.4 Å². The average Bonchev–Trinajstić information content (AvgIpc) is 1.25. The Morgan fingerprint density at radius 1 is 0.600 bits per heavy atom. The van der Waals surface area contributed by atoms with Gasteiger partial charge in [0.25, 0.3) is 0 Å². The van der Waals surface area contributed by atoms with E-state index in [4.69, 9.17) is 29.4 Å². The Bertz CT molecular complexity index is 31.2. The van der Waals surface area contributed by atoms with Crippen LogP contribution in [0.15, 0.2) is 0 Å². The van der Waals surface area contributed by atoms with E-state index in [1.807, 2.05) is 0 Å². The molecule has 0 radical (unpaired) electrons. The van der Waals surface area contributed by atoms with E-state index < -0.39 is 17.2 Å². The predicted molar refractivity (Wildman–Crippen MR) is 13.8 cm³/mol. The summed E-state index contributed by atoms with van der Waals surface area (Å²) < 4.78 is 0. The molecule has 0 spiro atoms. The Hall–Kier alpha value is 3.10. The zero-order chi connectivity index (χ0) is 7.15. The normalized spacial score (nSPS) is 7.20. The fraction of sp³-hybridized carbons (Fsp3) is 0. The fourth-order valence-corrected chi connectivity index (χ4v) is 0. The summed E-state index contributed by atoms with van der Waals surface area (Å²) in [4.78, 5) is 50.9. The molecule has 0 fully saturated rings. The van der Waals surface area contributed by atoms with Gasteiger partial charge in [-0.1, -0.05) is 0 Å². The monoisotopic (exact) mass is 456 g/mol. The molecule has 0 aliphatic heterocycles. The Balaban J connectivity index is -0.0000000300. The Labute approximate surface area is 119 Å². The van der Waals surface area contributed by atoms with Crippen molar-refractivity contribution in [3.63, 3.8) is 0 Å². The molecule has 0 bridgehead atoms.